The second-order valence-electron chi connectivity index (χ2n) is 15.0. The highest BCUT2D eigenvalue weighted by Gasteiger charge is 2.55. The number of nitrogens with zero attached hydrogens (tertiary/aromatic N) is 8. The summed E-state index contributed by atoms with van der Waals surface area (Å²) in [6.07, 6.45) is 1.32. The number of ether oxygens (including phenoxy) is 4. The second kappa shape index (κ2) is 13.7. The lowest BCUT2D eigenvalue weighted by Gasteiger charge is -2.48. The van der Waals surface area contributed by atoms with Crippen LogP contribution in [0.15, 0.2) is 0 Å². The van der Waals surface area contributed by atoms with Crippen LogP contribution in [0.5, 0.6) is 6.01 Å². The average Bonchev–Trinajstić information content (AvgIpc) is 3.64. The lowest BCUT2D eigenvalue weighted by molar-refractivity contribution is -0.383. The number of nitrogens with two attached hydrogens (primary N) is 1. The van der Waals surface area contributed by atoms with Crippen LogP contribution in [-0.2, 0) is 29.5 Å². The van der Waals surface area contributed by atoms with Crippen molar-refractivity contribution in [2.24, 2.45) is 5.41 Å². The topological polar surface area (TPSA) is 203 Å². The average molecular weight is 758 g/mol. The predicted molar refractivity (Wildman–Crippen MR) is 193 cm³/mol. The number of hydrogen-bond acceptors (Lipinski definition) is 17. The number of esters is 1. The minimum Gasteiger partial charge on any atom is -0.467 e. The molecule has 5 aliphatic rings. The summed E-state index contributed by atoms with van der Waals surface area (Å²) >= 11 is 3.10. The lowest BCUT2D eigenvalue weighted by atomic mass is 9.88. The van der Waals surface area contributed by atoms with Gasteiger partial charge in [0.25, 0.3) is 0 Å². The maximum Gasteiger partial charge on any atom is 0.410 e. The molecule has 1 spiro atoms. The van der Waals surface area contributed by atoms with Crippen molar-refractivity contribution in [1.29, 1.82) is 5.26 Å². The molecular weight excluding hydrogens is 715 g/mol. The van der Waals surface area contributed by atoms with Crippen molar-refractivity contribution in [3.8, 4) is 12.1 Å². The zero-order chi connectivity index (χ0) is 37.0. The molecule has 4 aliphatic heterocycles. The summed E-state index contributed by atoms with van der Waals surface area (Å²) < 4.78 is 22.1. The van der Waals surface area contributed by atoms with Gasteiger partial charge in [0.1, 0.15) is 22.7 Å². The lowest BCUT2D eigenvalue weighted by Crippen LogP contribution is -2.59. The zero-order valence-electron chi connectivity index (χ0n) is 29.7. The summed E-state index contributed by atoms with van der Waals surface area (Å²) in [5, 5.41) is 23.4. The molecule has 19 heteroatoms. The van der Waals surface area contributed by atoms with E-state index in [1.807, 2.05) is 0 Å². The van der Waals surface area contributed by atoms with Crippen LogP contribution in [-0.4, -0.2) is 128 Å². The molecule has 6 heterocycles. The molecule has 7 rings (SSSR count). The van der Waals surface area contributed by atoms with E-state index in [-0.39, 0.29) is 48.4 Å². The fourth-order valence-electron chi connectivity index (χ4n) is 7.34. The first-order valence-corrected chi connectivity index (χ1v) is 19.1. The molecule has 0 radical (unpaired) electrons. The van der Waals surface area contributed by atoms with Crippen molar-refractivity contribution in [2.45, 2.75) is 55.8 Å². The van der Waals surface area contributed by atoms with E-state index in [1.54, 1.807) is 37.4 Å². The molecule has 2 N–H and O–H groups in total. The van der Waals surface area contributed by atoms with E-state index < -0.39 is 33.4 Å². The Morgan fingerprint density at radius 3 is 2.50 bits per heavy atom. The molecule has 2 aromatic rings. The molecule has 17 nitrogen and oxygen atoms in total. The van der Waals surface area contributed by atoms with Crippen LogP contribution in [0, 0.1) is 26.9 Å². The van der Waals surface area contributed by atoms with Gasteiger partial charge in [-0.3, -0.25) is 15.0 Å². The van der Waals surface area contributed by atoms with Crippen molar-refractivity contribution < 1.29 is 33.5 Å². The number of carbonyl (C=O) groups excluding carboxylic acids is 2. The van der Waals surface area contributed by atoms with E-state index in [0.717, 1.165) is 42.9 Å². The van der Waals surface area contributed by atoms with Gasteiger partial charge in [0.05, 0.1) is 48.7 Å². The highest BCUT2D eigenvalue weighted by Crippen LogP contribution is 2.59. The number of anilines is 3. The summed E-state index contributed by atoms with van der Waals surface area (Å²) in [5.41, 5.74) is 6.31. The molecule has 2 aromatic heterocycles. The SMILES string of the molecule is COC(=O)[C@H]1CN(C(=O)OC(C)(C)C)CCN1c1nc(OCC2(CN3CCOCC3)CC2)nc(N2CC3(C2)SCc2sc(N)c(C#N)c23)c1[N+](=O)[O-]. The number of hydrogen-bond donors (Lipinski definition) is 1. The molecule has 1 saturated carbocycles. The number of rotatable bonds is 9. The fraction of sp³-hybridized carbons (Fsp3) is 0.667. The molecule has 52 heavy (non-hydrogen) atoms. The summed E-state index contributed by atoms with van der Waals surface area (Å²) in [5.74, 6) is -0.0355. The minimum absolute atomic E-state index is 0.0274. The van der Waals surface area contributed by atoms with Gasteiger partial charge in [-0.15, -0.1) is 23.1 Å². The van der Waals surface area contributed by atoms with Crippen molar-refractivity contribution in [1.82, 2.24) is 19.8 Å². The number of fused-ring (bicyclic) bond motifs is 2. The van der Waals surface area contributed by atoms with Gasteiger partial charge in [-0.1, -0.05) is 0 Å². The molecular formula is C33H43N9O8S2. The molecule has 0 aromatic carbocycles. The number of nitro groups is 1. The van der Waals surface area contributed by atoms with Crippen LogP contribution in [0.3, 0.4) is 0 Å². The van der Waals surface area contributed by atoms with Crippen LogP contribution < -0.4 is 20.3 Å². The van der Waals surface area contributed by atoms with Gasteiger partial charge in [-0.05, 0) is 33.6 Å². The number of carbonyl (C=O) groups is 2. The number of morpholine rings is 1. The van der Waals surface area contributed by atoms with E-state index in [2.05, 4.69) is 20.9 Å². The van der Waals surface area contributed by atoms with E-state index in [4.69, 9.17) is 24.7 Å². The number of methoxy groups -OCH3 is 1. The van der Waals surface area contributed by atoms with Crippen molar-refractivity contribution in [3.63, 3.8) is 0 Å². The van der Waals surface area contributed by atoms with E-state index in [0.29, 0.717) is 49.2 Å². The van der Waals surface area contributed by atoms with Gasteiger partial charge >= 0.3 is 23.8 Å². The van der Waals surface area contributed by atoms with Crippen LogP contribution in [0.25, 0.3) is 0 Å². The van der Waals surface area contributed by atoms with Gasteiger partial charge in [0, 0.05) is 67.4 Å². The first-order valence-electron chi connectivity index (χ1n) is 17.3. The minimum atomic E-state index is -1.13. The smallest absolute Gasteiger partial charge is 0.410 e. The number of thiophene rings is 1. The van der Waals surface area contributed by atoms with Crippen molar-refractivity contribution in [3.05, 3.63) is 26.1 Å². The van der Waals surface area contributed by atoms with Crippen LogP contribution in [0.4, 0.5) is 27.1 Å². The summed E-state index contributed by atoms with van der Waals surface area (Å²) in [4.78, 5) is 56.3. The van der Waals surface area contributed by atoms with E-state index in [9.17, 15) is 25.0 Å². The van der Waals surface area contributed by atoms with Gasteiger partial charge in [-0.2, -0.15) is 15.2 Å². The Bertz CT molecular complexity index is 1790. The number of nitriles is 1. The Hall–Kier alpha value is -4.12. The number of amides is 1. The Balaban J connectivity index is 1.23. The van der Waals surface area contributed by atoms with Crippen LogP contribution >= 0.6 is 23.1 Å². The third kappa shape index (κ3) is 6.88. The van der Waals surface area contributed by atoms with E-state index in [1.165, 1.54) is 28.2 Å². The Kier molecular flexibility index (Phi) is 9.55. The largest absolute Gasteiger partial charge is 0.467 e. The Labute approximate surface area is 309 Å². The molecule has 1 amide bonds. The van der Waals surface area contributed by atoms with Crippen molar-refractivity contribution >= 4 is 57.5 Å². The molecule has 3 saturated heterocycles. The maximum atomic E-state index is 13.3. The third-order valence-electron chi connectivity index (χ3n) is 10.2. The quantitative estimate of drug-likeness (QED) is 0.222. The zero-order valence-corrected chi connectivity index (χ0v) is 31.3. The molecule has 0 unspecified atom stereocenters. The first kappa shape index (κ1) is 36.2. The molecule has 0 bridgehead atoms. The summed E-state index contributed by atoms with van der Waals surface area (Å²) in [7, 11) is 1.23. The highest BCUT2D eigenvalue weighted by molar-refractivity contribution is 8.00. The van der Waals surface area contributed by atoms with Crippen LogP contribution in [0.1, 0.15) is 49.6 Å². The normalized spacial score (nSPS) is 22.0. The standard InChI is InChI=1S/C33H43N9O8S2/c1-31(2,3)50-30(44)39-7-8-41(21(14-39)28(43)47-4)27-24(42(45)46)26(40-17-33(18-40)23-20(13-34)25(35)52-22(23)15-51-33)36-29(37-27)49-19-32(5-6-32)16-38-9-11-48-12-10-38/h21H,5-12,14-19,35H2,1-4H3/t21-/m1/s1. The first-order chi connectivity index (χ1) is 24.7. The van der Waals surface area contributed by atoms with Gasteiger partial charge in [-0.25, -0.2) is 9.59 Å². The van der Waals surface area contributed by atoms with Gasteiger partial charge < -0.3 is 39.4 Å². The van der Waals surface area contributed by atoms with Gasteiger partial charge in [0.2, 0.25) is 11.6 Å². The summed E-state index contributed by atoms with van der Waals surface area (Å²) in [6.45, 7) is 10.1. The fourth-order valence-corrected chi connectivity index (χ4v) is 10.1. The monoisotopic (exact) mass is 757 g/mol. The van der Waals surface area contributed by atoms with E-state index >= 15 is 0 Å². The number of aromatic nitrogens is 2. The number of nitrogen functional groups attached to an aromatic ring is 1. The second-order valence-corrected chi connectivity index (χ2v) is 17.5. The van der Waals surface area contributed by atoms with Crippen LogP contribution in [0.2, 0.25) is 0 Å². The Morgan fingerprint density at radius 2 is 1.87 bits per heavy atom. The molecule has 4 fully saturated rings. The summed E-state index contributed by atoms with van der Waals surface area (Å²) in [6, 6.07) is 1.09. The van der Waals surface area contributed by atoms with Gasteiger partial charge in [0.15, 0.2) is 0 Å². The predicted octanol–water partition coefficient (Wildman–Crippen LogP) is 2.95. The maximum absolute atomic E-state index is 13.3. The molecule has 1 atom stereocenters. The Morgan fingerprint density at radius 1 is 1.15 bits per heavy atom. The van der Waals surface area contributed by atoms with Crippen molar-refractivity contribution in [2.75, 3.05) is 94.8 Å². The number of piperazine rings is 1. The molecule has 280 valence electrons. The molecule has 1 aliphatic carbocycles. The highest BCUT2D eigenvalue weighted by atomic mass is 32.2. The third-order valence-corrected chi connectivity index (χ3v) is 12.8. The number of thioether (sulfide) groups is 1.